The minimum absolute atomic E-state index is 0.229. The van der Waals surface area contributed by atoms with E-state index in [1.807, 2.05) is 0 Å². The first-order chi connectivity index (χ1) is 21.3. The summed E-state index contributed by atoms with van der Waals surface area (Å²) in [5.41, 5.74) is 0. The molecule has 0 saturated heterocycles. The molecule has 44 heavy (non-hydrogen) atoms. The van der Waals surface area contributed by atoms with Crippen molar-refractivity contribution in [3.05, 3.63) is 0 Å². The van der Waals surface area contributed by atoms with Crippen molar-refractivity contribution in [2.75, 3.05) is 13.2 Å². The fourth-order valence-electron chi connectivity index (χ4n) is 5.49. The summed E-state index contributed by atoms with van der Waals surface area (Å²) in [6.45, 7) is 4.33. The number of amides is 1. The molecule has 0 aliphatic carbocycles. The van der Waals surface area contributed by atoms with Crippen molar-refractivity contribution in [1.82, 2.24) is 5.32 Å². The second kappa shape index (κ2) is 31.7. The lowest BCUT2D eigenvalue weighted by molar-refractivity contribution is -0.159. The minimum Gasteiger partial charge on any atom is -0.463 e. The van der Waals surface area contributed by atoms with Crippen molar-refractivity contribution in [3.8, 4) is 0 Å². The number of ether oxygens (including phenoxy) is 1. The first-order valence-corrected chi connectivity index (χ1v) is 18.5. The van der Waals surface area contributed by atoms with E-state index in [2.05, 4.69) is 19.2 Å². The molecule has 4 atom stereocenters. The van der Waals surface area contributed by atoms with E-state index in [0.29, 0.717) is 13.0 Å². The van der Waals surface area contributed by atoms with E-state index < -0.39 is 42.9 Å². The lowest BCUT2D eigenvalue weighted by Gasteiger charge is -2.25. The van der Waals surface area contributed by atoms with Crippen molar-refractivity contribution in [3.63, 3.8) is 0 Å². The van der Waals surface area contributed by atoms with E-state index in [1.54, 1.807) is 0 Å². The molecule has 0 aliphatic rings. The molecule has 8 nitrogen and oxygen atoms in total. The first-order valence-electron chi connectivity index (χ1n) is 18.5. The summed E-state index contributed by atoms with van der Waals surface area (Å²) in [6.07, 6.45) is 23.3. The molecule has 0 fully saturated rings. The van der Waals surface area contributed by atoms with Crippen molar-refractivity contribution in [2.45, 2.75) is 205 Å². The van der Waals surface area contributed by atoms with Crippen LogP contribution in [-0.2, 0) is 14.3 Å². The first kappa shape index (κ1) is 42.8. The lowest BCUT2D eigenvalue weighted by Crippen LogP contribution is -2.52. The molecule has 1 amide bonds. The predicted molar refractivity (Wildman–Crippen MR) is 179 cm³/mol. The highest BCUT2D eigenvalue weighted by Crippen LogP contribution is 2.14. The monoisotopic (exact) mass is 630 g/mol. The fraction of sp³-hybridized carbons (Fsp3) is 0.944. The maximum absolute atomic E-state index is 12.2. The quantitative estimate of drug-likeness (QED) is 0.0380. The molecule has 0 aromatic rings. The Balaban J connectivity index is 3.78. The Hall–Kier alpha value is -1.22. The van der Waals surface area contributed by atoms with Gasteiger partial charge in [-0.3, -0.25) is 9.59 Å². The topological polar surface area (TPSA) is 136 Å². The van der Waals surface area contributed by atoms with Gasteiger partial charge < -0.3 is 30.5 Å². The van der Waals surface area contributed by atoms with Crippen molar-refractivity contribution in [2.24, 2.45) is 0 Å². The molecule has 0 rings (SSSR count). The summed E-state index contributed by atoms with van der Waals surface area (Å²) in [7, 11) is 0. The van der Waals surface area contributed by atoms with E-state index in [9.17, 15) is 30.0 Å². The van der Waals surface area contributed by atoms with E-state index >= 15 is 0 Å². The fourth-order valence-corrected chi connectivity index (χ4v) is 5.49. The van der Waals surface area contributed by atoms with Crippen molar-refractivity contribution < 1.29 is 34.8 Å². The van der Waals surface area contributed by atoms with Gasteiger partial charge in [0.05, 0.1) is 0 Å². The average molecular weight is 630 g/mol. The molecule has 0 aromatic carbocycles. The number of rotatable bonds is 33. The van der Waals surface area contributed by atoms with Gasteiger partial charge in [-0.15, -0.1) is 0 Å². The molecule has 0 saturated carbocycles. The standard InChI is InChI=1S/C36H71NO7/c1-3-5-7-9-11-13-15-16-17-19-21-23-25-27-29-37-36(43)35(42)34(41)33(40)31(38)30-44-32(39)28-26-24-22-20-18-14-12-10-8-6-4-2/h31,33-35,38,40-42H,3-30H2,1-2H3,(H,37,43). The molecule has 262 valence electrons. The van der Waals surface area contributed by atoms with E-state index in [-0.39, 0.29) is 6.42 Å². The van der Waals surface area contributed by atoms with Crippen LogP contribution in [0.5, 0.6) is 0 Å². The van der Waals surface area contributed by atoms with Crippen LogP contribution in [0.4, 0.5) is 0 Å². The number of hydrogen-bond acceptors (Lipinski definition) is 7. The van der Waals surface area contributed by atoms with Gasteiger partial charge in [-0.25, -0.2) is 0 Å². The third-order valence-corrected chi connectivity index (χ3v) is 8.57. The number of aliphatic hydroxyl groups excluding tert-OH is 4. The normalized spacial score (nSPS) is 14.2. The molecule has 0 heterocycles. The highest BCUT2D eigenvalue weighted by atomic mass is 16.5. The lowest BCUT2D eigenvalue weighted by atomic mass is 10.0. The molecule has 5 N–H and O–H groups in total. The smallest absolute Gasteiger partial charge is 0.305 e. The van der Waals surface area contributed by atoms with Gasteiger partial charge in [0.2, 0.25) is 0 Å². The van der Waals surface area contributed by atoms with E-state index in [0.717, 1.165) is 32.1 Å². The molecule has 0 bridgehead atoms. The number of carbonyl (C=O) groups is 2. The van der Waals surface area contributed by atoms with Crippen LogP contribution in [0.25, 0.3) is 0 Å². The highest BCUT2D eigenvalue weighted by Gasteiger charge is 2.34. The predicted octanol–water partition coefficient (Wildman–Crippen LogP) is 7.27. The van der Waals surface area contributed by atoms with Gasteiger partial charge >= 0.3 is 5.97 Å². The van der Waals surface area contributed by atoms with Gasteiger partial charge in [0.25, 0.3) is 5.91 Å². The Bertz CT molecular complexity index is 648. The van der Waals surface area contributed by atoms with Crippen LogP contribution >= 0.6 is 0 Å². The zero-order valence-electron chi connectivity index (χ0n) is 28.6. The number of unbranched alkanes of at least 4 members (excludes halogenated alkanes) is 23. The molecule has 0 aliphatic heterocycles. The summed E-state index contributed by atoms with van der Waals surface area (Å²) in [6, 6.07) is 0. The second-order valence-electron chi connectivity index (χ2n) is 12.8. The molecular weight excluding hydrogens is 558 g/mol. The average Bonchev–Trinajstić information content (AvgIpc) is 3.03. The Morgan fingerprint density at radius 2 is 0.886 bits per heavy atom. The molecule has 0 radical (unpaired) electrons. The molecule has 0 spiro atoms. The van der Waals surface area contributed by atoms with Crippen LogP contribution in [0.15, 0.2) is 0 Å². The van der Waals surface area contributed by atoms with Gasteiger partial charge in [-0.2, -0.15) is 0 Å². The molecular formula is C36H71NO7. The largest absolute Gasteiger partial charge is 0.463 e. The summed E-state index contributed by atoms with van der Waals surface area (Å²) >= 11 is 0. The Labute approximate surface area is 270 Å². The van der Waals surface area contributed by atoms with Crippen LogP contribution in [0.1, 0.15) is 181 Å². The maximum Gasteiger partial charge on any atom is 0.305 e. The number of esters is 1. The third kappa shape index (κ3) is 26.0. The highest BCUT2D eigenvalue weighted by molar-refractivity contribution is 5.81. The number of nitrogens with one attached hydrogen (secondary N) is 1. The van der Waals surface area contributed by atoms with Gasteiger partial charge in [-0.1, -0.05) is 162 Å². The van der Waals surface area contributed by atoms with Crippen LogP contribution in [0, 0.1) is 0 Å². The van der Waals surface area contributed by atoms with E-state index in [1.165, 1.54) is 122 Å². The third-order valence-electron chi connectivity index (χ3n) is 8.57. The SMILES string of the molecule is CCCCCCCCCCCCCCCCNC(=O)C(O)C(O)C(O)C(O)COC(=O)CCCCCCCCCCCCC. The van der Waals surface area contributed by atoms with E-state index in [4.69, 9.17) is 4.74 Å². The van der Waals surface area contributed by atoms with Gasteiger partial charge in [0.1, 0.15) is 24.9 Å². The second-order valence-corrected chi connectivity index (χ2v) is 12.8. The van der Waals surface area contributed by atoms with Gasteiger partial charge in [-0.05, 0) is 12.8 Å². The van der Waals surface area contributed by atoms with Crippen molar-refractivity contribution in [1.29, 1.82) is 0 Å². The van der Waals surface area contributed by atoms with Crippen LogP contribution in [0.2, 0.25) is 0 Å². The number of aliphatic hydroxyl groups is 4. The molecule has 4 unspecified atom stereocenters. The van der Waals surface area contributed by atoms with Crippen LogP contribution in [0.3, 0.4) is 0 Å². The Kier molecular flexibility index (Phi) is 30.9. The van der Waals surface area contributed by atoms with Crippen LogP contribution in [-0.4, -0.2) is 69.9 Å². The zero-order chi connectivity index (χ0) is 32.7. The minimum atomic E-state index is -1.90. The zero-order valence-corrected chi connectivity index (χ0v) is 28.6. The summed E-state index contributed by atoms with van der Waals surface area (Å²) in [5.74, 6) is -1.28. The molecule has 0 aromatic heterocycles. The number of carbonyl (C=O) groups excluding carboxylic acids is 2. The number of hydrogen-bond donors (Lipinski definition) is 5. The summed E-state index contributed by atoms with van der Waals surface area (Å²) in [5, 5.41) is 43.2. The Morgan fingerprint density at radius 3 is 1.30 bits per heavy atom. The molecule has 8 heteroatoms. The van der Waals surface area contributed by atoms with Crippen molar-refractivity contribution >= 4 is 11.9 Å². The maximum atomic E-state index is 12.2. The van der Waals surface area contributed by atoms with Crippen LogP contribution < -0.4 is 5.32 Å². The summed E-state index contributed by atoms with van der Waals surface area (Å²) in [4.78, 5) is 24.2. The summed E-state index contributed by atoms with van der Waals surface area (Å²) < 4.78 is 5.03. The Morgan fingerprint density at radius 1 is 0.523 bits per heavy atom. The van der Waals surface area contributed by atoms with Gasteiger partial charge in [0, 0.05) is 13.0 Å². The van der Waals surface area contributed by atoms with Gasteiger partial charge in [0.15, 0.2) is 6.10 Å².